The Morgan fingerprint density at radius 3 is 2.90 bits per heavy atom. The lowest BCUT2D eigenvalue weighted by molar-refractivity contribution is 0.0656. The lowest BCUT2D eigenvalue weighted by Gasteiger charge is -2.34. The van der Waals surface area contributed by atoms with Crippen LogP contribution < -0.4 is 5.32 Å². The molecule has 4 nitrogen and oxygen atoms in total. The third-order valence-electron chi connectivity index (χ3n) is 4.32. The number of nitrogens with one attached hydrogen (secondary N) is 2. The summed E-state index contributed by atoms with van der Waals surface area (Å²) in [5.41, 5.74) is 4.28. The Bertz CT molecular complexity index is 659. The second-order valence-corrected chi connectivity index (χ2v) is 5.69. The number of aryl methyl sites for hydroxylation is 2. The van der Waals surface area contributed by atoms with Gasteiger partial charge >= 0.3 is 0 Å². The third-order valence-corrected chi connectivity index (χ3v) is 4.32. The van der Waals surface area contributed by atoms with Gasteiger partial charge in [-0.3, -0.25) is 4.79 Å². The fourth-order valence-corrected chi connectivity index (χ4v) is 2.90. The number of amides is 1. The predicted molar refractivity (Wildman–Crippen MR) is 81.1 cm³/mol. The molecule has 0 spiro atoms. The van der Waals surface area contributed by atoms with Gasteiger partial charge in [0.1, 0.15) is 0 Å². The standard InChI is InChI=1S/C16H21N3O/c1-10-9-17-6-7-19(10)16(20)13-4-5-15-14(8-13)11(2)12(3)18-15/h4-5,8,10,17-18H,6-7,9H2,1-3H3/t10-/m1/s1. The van der Waals surface area contributed by atoms with Gasteiger partial charge in [-0.15, -0.1) is 0 Å². The number of rotatable bonds is 1. The molecule has 0 saturated carbocycles. The van der Waals surface area contributed by atoms with E-state index in [-0.39, 0.29) is 11.9 Å². The van der Waals surface area contributed by atoms with E-state index in [1.54, 1.807) is 0 Å². The Hall–Kier alpha value is -1.81. The smallest absolute Gasteiger partial charge is 0.254 e. The summed E-state index contributed by atoms with van der Waals surface area (Å²) >= 11 is 0. The third kappa shape index (κ3) is 2.10. The first-order valence-corrected chi connectivity index (χ1v) is 7.18. The van der Waals surface area contributed by atoms with E-state index in [0.717, 1.165) is 36.1 Å². The van der Waals surface area contributed by atoms with Crippen molar-refractivity contribution in [1.29, 1.82) is 0 Å². The summed E-state index contributed by atoms with van der Waals surface area (Å²) < 4.78 is 0. The van der Waals surface area contributed by atoms with E-state index in [4.69, 9.17) is 0 Å². The molecular formula is C16H21N3O. The number of carbonyl (C=O) groups excluding carboxylic acids is 1. The van der Waals surface area contributed by atoms with Gasteiger partial charge in [0, 0.05) is 47.8 Å². The van der Waals surface area contributed by atoms with Gasteiger partial charge in [0.05, 0.1) is 0 Å². The van der Waals surface area contributed by atoms with Crippen LogP contribution in [-0.2, 0) is 0 Å². The van der Waals surface area contributed by atoms with Gasteiger partial charge in [-0.05, 0) is 44.5 Å². The molecule has 1 saturated heterocycles. The number of hydrogen-bond acceptors (Lipinski definition) is 2. The van der Waals surface area contributed by atoms with Crippen LogP contribution in [0.15, 0.2) is 18.2 Å². The van der Waals surface area contributed by atoms with Gasteiger partial charge in [-0.2, -0.15) is 0 Å². The first-order chi connectivity index (χ1) is 9.58. The number of aromatic nitrogens is 1. The number of carbonyl (C=O) groups is 1. The van der Waals surface area contributed by atoms with Crippen molar-refractivity contribution >= 4 is 16.8 Å². The summed E-state index contributed by atoms with van der Waals surface area (Å²) in [5.74, 6) is 0.138. The van der Waals surface area contributed by atoms with Crippen molar-refractivity contribution in [2.45, 2.75) is 26.8 Å². The molecule has 1 aromatic carbocycles. The summed E-state index contributed by atoms with van der Waals surface area (Å²) in [6.45, 7) is 8.78. The highest BCUT2D eigenvalue weighted by molar-refractivity contribution is 5.99. The molecule has 2 heterocycles. The van der Waals surface area contributed by atoms with Crippen molar-refractivity contribution in [2.75, 3.05) is 19.6 Å². The van der Waals surface area contributed by atoms with Crippen LogP contribution in [0.3, 0.4) is 0 Å². The minimum Gasteiger partial charge on any atom is -0.358 e. The molecule has 2 N–H and O–H groups in total. The summed E-state index contributed by atoms with van der Waals surface area (Å²) in [6, 6.07) is 6.20. The average Bonchev–Trinajstić information content (AvgIpc) is 2.74. The molecule has 0 radical (unpaired) electrons. The highest BCUT2D eigenvalue weighted by atomic mass is 16.2. The number of piperazine rings is 1. The first-order valence-electron chi connectivity index (χ1n) is 7.18. The van der Waals surface area contributed by atoms with Crippen LogP contribution in [0, 0.1) is 13.8 Å². The second-order valence-electron chi connectivity index (χ2n) is 5.69. The Labute approximate surface area is 119 Å². The molecule has 1 amide bonds. The molecule has 0 bridgehead atoms. The molecule has 1 aliphatic heterocycles. The minimum atomic E-state index is 0.138. The molecule has 1 aromatic heterocycles. The highest BCUT2D eigenvalue weighted by Crippen LogP contribution is 2.23. The van der Waals surface area contributed by atoms with Gasteiger partial charge in [0.25, 0.3) is 5.91 Å². The van der Waals surface area contributed by atoms with Crippen molar-refractivity contribution in [3.63, 3.8) is 0 Å². The van der Waals surface area contributed by atoms with Crippen LogP contribution in [0.1, 0.15) is 28.5 Å². The number of fused-ring (bicyclic) bond motifs is 1. The number of aromatic amines is 1. The van der Waals surface area contributed by atoms with Crippen LogP contribution in [0.2, 0.25) is 0 Å². The molecule has 1 aliphatic rings. The van der Waals surface area contributed by atoms with Gasteiger partial charge in [0.15, 0.2) is 0 Å². The zero-order chi connectivity index (χ0) is 14.3. The van der Waals surface area contributed by atoms with Crippen molar-refractivity contribution in [3.05, 3.63) is 35.0 Å². The highest BCUT2D eigenvalue weighted by Gasteiger charge is 2.24. The molecule has 1 atom stereocenters. The maximum atomic E-state index is 12.7. The van der Waals surface area contributed by atoms with E-state index < -0.39 is 0 Å². The van der Waals surface area contributed by atoms with Crippen molar-refractivity contribution in [3.8, 4) is 0 Å². The Kier molecular flexibility index (Phi) is 3.26. The molecule has 20 heavy (non-hydrogen) atoms. The monoisotopic (exact) mass is 271 g/mol. The molecular weight excluding hydrogens is 250 g/mol. The normalized spacial score (nSPS) is 19.6. The lowest BCUT2D eigenvalue weighted by atomic mass is 10.1. The summed E-state index contributed by atoms with van der Waals surface area (Å²) in [7, 11) is 0. The topological polar surface area (TPSA) is 48.1 Å². The summed E-state index contributed by atoms with van der Waals surface area (Å²) in [4.78, 5) is 18.0. The Balaban J connectivity index is 1.97. The predicted octanol–water partition coefficient (Wildman–Crippen LogP) is 2.22. The molecule has 106 valence electrons. The summed E-state index contributed by atoms with van der Waals surface area (Å²) in [6.07, 6.45) is 0. The van der Waals surface area contributed by atoms with E-state index in [9.17, 15) is 4.79 Å². The molecule has 1 fully saturated rings. The summed E-state index contributed by atoms with van der Waals surface area (Å²) in [5, 5.41) is 4.46. The average molecular weight is 271 g/mol. The van der Waals surface area contributed by atoms with Crippen LogP contribution in [0.4, 0.5) is 0 Å². The van der Waals surface area contributed by atoms with Crippen molar-refractivity contribution < 1.29 is 4.79 Å². The van der Waals surface area contributed by atoms with E-state index in [2.05, 4.69) is 31.1 Å². The van der Waals surface area contributed by atoms with Gasteiger partial charge in [0.2, 0.25) is 0 Å². The number of benzene rings is 1. The van der Waals surface area contributed by atoms with Gasteiger partial charge in [-0.25, -0.2) is 0 Å². The van der Waals surface area contributed by atoms with Crippen molar-refractivity contribution in [2.24, 2.45) is 0 Å². The number of hydrogen-bond donors (Lipinski definition) is 2. The molecule has 4 heteroatoms. The van der Waals surface area contributed by atoms with E-state index >= 15 is 0 Å². The van der Waals surface area contributed by atoms with Gasteiger partial charge in [-0.1, -0.05) is 0 Å². The van der Waals surface area contributed by atoms with Crippen LogP contribution in [0.5, 0.6) is 0 Å². The second kappa shape index (κ2) is 4.94. The fraction of sp³-hybridized carbons (Fsp3) is 0.438. The maximum absolute atomic E-state index is 12.7. The van der Waals surface area contributed by atoms with Gasteiger partial charge < -0.3 is 15.2 Å². The van der Waals surface area contributed by atoms with E-state index in [1.807, 2.05) is 23.1 Å². The van der Waals surface area contributed by atoms with Crippen LogP contribution >= 0.6 is 0 Å². The van der Waals surface area contributed by atoms with Crippen LogP contribution in [-0.4, -0.2) is 41.5 Å². The Morgan fingerprint density at radius 1 is 1.35 bits per heavy atom. The number of nitrogens with zero attached hydrogens (tertiary/aromatic N) is 1. The quantitative estimate of drug-likeness (QED) is 0.835. The Morgan fingerprint density at radius 2 is 2.15 bits per heavy atom. The first kappa shape index (κ1) is 13.2. The van der Waals surface area contributed by atoms with Crippen molar-refractivity contribution in [1.82, 2.24) is 15.2 Å². The minimum absolute atomic E-state index is 0.138. The number of H-pyrrole nitrogens is 1. The van der Waals surface area contributed by atoms with E-state index in [0.29, 0.717) is 0 Å². The molecule has 0 aliphatic carbocycles. The SMILES string of the molecule is Cc1[nH]c2ccc(C(=O)N3CCNC[C@H]3C)cc2c1C. The fourth-order valence-electron chi connectivity index (χ4n) is 2.90. The lowest BCUT2D eigenvalue weighted by Crippen LogP contribution is -2.52. The largest absolute Gasteiger partial charge is 0.358 e. The molecule has 0 unspecified atom stereocenters. The zero-order valence-electron chi connectivity index (χ0n) is 12.3. The molecule has 2 aromatic rings. The maximum Gasteiger partial charge on any atom is 0.254 e. The zero-order valence-corrected chi connectivity index (χ0v) is 12.3. The van der Waals surface area contributed by atoms with E-state index in [1.165, 1.54) is 11.3 Å². The molecule has 3 rings (SSSR count). The van der Waals surface area contributed by atoms with Crippen LogP contribution in [0.25, 0.3) is 10.9 Å².